The van der Waals surface area contributed by atoms with Gasteiger partial charge in [0.15, 0.2) is 11.5 Å². The van der Waals surface area contributed by atoms with Crippen LogP contribution >= 0.6 is 11.8 Å². The highest BCUT2D eigenvalue weighted by Gasteiger charge is 2.19. The van der Waals surface area contributed by atoms with Gasteiger partial charge in [-0.15, -0.1) is 11.8 Å². The topological polar surface area (TPSA) is 81.9 Å². The Hall–Kier alpha value is -2.74. The molecule has 0 fully saturated rings. The molecule has 0 unspecified atom stereocenters. The van der Waals surface area contributed by atoms with Gasteiger partial charge < -0.3 is 14.4 Å². The van der Waals surface area contributed by atoms with Crippen molar-refractivity contribution in [3.8, 4) is 11.5 Å². The van der Waals surface area contributed by atoms with Crippen molar-refractivity contribution in [3.63, 3.8) is 0 Å². The highest BCUT2D eigenvalue weighted by Crippen LogP contribution is 2.32. The zero-order chi connectivity index (χ0) is 21.6. The minimum Gasteiger partial charge on any atom is -0.493 e. The normalized spacial score (nSPS) is 11.6. The van der Waals surface area contributed by atoms with E-state index < -0.39 is 4.92 Å². The SMILES string of the molecule is COc1cc(C)c(CSCC(=O)N(C)[C@@H](C)c2cccc([N+](=O)[O-])c2)cc1OC. The Labute approximate surface area is 175 Å². The second-order valence-corrected chi connectivity index (χ2v) is 7.64. The smallest absolute Gasteiger partial charge is 0.269 e. The van der Waals surface area contributed by atoms with Crippen molar-refractivity contribution >= 4 is 23.4 Å². The van der Waals surface area contributed by atoms with E-state index in [0.29, 0.717) is 23.0 Å². The lowest BCUT2D eigenvalue weighted by atomic mass is 10.1. The second kappa shape index (κ2) is 10.2. The monoisotopic (exact) mass is 418 g/mol. The number of carbonyl (C=O) groups excluding carboxylic acids is 1. The van der Waals surface area contributed by atoms with Crippen molar-refractivity contribution in [3.05, 3.63) is 63.2 Å². The molecule has 1 atom stereocenters. The first-order chi connectivity index (χ1) is 13.8. The molecule has 0 spiro atoms. The van der Waals surface area contributed by atoms with Gasteiger partial charge in [-0.25, -0.2) is 0 Å². The molecule has 0 saturated heterocycles. The molecule has 0 saturated carbocycles. The maximum Gasteiger partial charge on any atom is 0.269 e. The fourth-order valence-electron chi connectivity index (χ4n) is 2.87. The van der Waals surface area contributed by atoms with Crippen LogP contribution < -0.4 is 9.47 Å². The summed E-state index contributed by atoms with van der Waals surface area (Å²) in [6.45, 7) is 3.86. The zero-order valence-corrected chi connectivity index (χ0v) is 18.1. The Morgan fingerprint density at radius 2 is 1.86 bits per heavy atom. The van der Waals surface area contributed by atoms with Crippen molar-refractivity contribution in [2.45, 2.75) is 25.6 Å². The molecule has 0 aliphatic carbocycles. The van der Waals surface area contributed by atoms with Crippen LogP contribution in [0.3, 0.4) is 0 Å². The number of amides is 1. The van der Waals surface area contributed by atoms with Gasteiger partial charge in [-0.3, -0.25) is 14.9 Å². The first kappa shape index (κ1) is 22.5. The van der Waals surface area contributed by atoms with Crippen molar-refractivity contribution < 1.29 is 19.2 Å². The summed E-state index contributed by atoms with van der Waals surface area (Å²) in [6, 6.07) is 9.98. The molecule has 2 aromatic carbocycles. The number of rotatable bonds is 9. The molecule has 0 radical (unpaired) electrons. The van der Waals surface area contributed by atoms with E-state index in [4.69, 9.17) is 9.47 Å². The van der Waals surface area contributed by atoms with Gasteiger partial charge in [-0.05, 0) is 42.7 Å². The predicted molar refractivity (Wildman–Crippen MR) is 115 cm³/mol. The van der Waals surface area contributed by atoms with Gasteiger partial charge >= 0.3 is 0 Å². The highest BCUT2D eigenvalue weighted by atomic mass is 32.2. The number of non-ortho nitro benzene ring substituents is 1. The highest BCUT2D eigenvalue weighted by molar-refractivity contribution is 7.99. The molecule has 0 heterocycles. The average molecular weight is 419 g/mol. The fraction of sp³-hybridized carbons (Fsp3) is 0.381. The minimum atomic E-state index is -0.431. The van der Waals surface area contributed by atoms with Crippen molar-refractivity contribution in [1.82, 2.24) is 4.90 Å². The van der Waals surface area contributed by atoms with Gasteiger partial charge in [-0.2, -0.15) is 0 Å². The third kappa shape index (κ3) is 5.63. The van der Waals surface area contributed by atoms with Gasteiger partial charge in [0.2, 0.25) is 5.91 Å². The quantitative estimate of drug-likeness (QED) is 0.444. The van der Waals surface area contributed by atoms with Crippen LogP contribution in [-0.2, 0) is 10.5 Å². The molecule has 0 aliphatic rings. The second-order valence-electron chi connectivity index (χ2n) is 6.66. The molecule has 1 amide bonds. The predicted octanol–water partition coefficient (Wildman–Crippen LogP) is 4.37. The molecule has 29 heavy (non-hydrogen) atoms. The molecule has 156 valence electrons. The van der Waals surface area contributed by atoms with Crippen molar-refractivity contribution in [1.29, 1.82) is 0 Å². The van der Waals surface area contributed by atoms with E-state index in [2.05, 4.69) is 0 Å². The lowest BCUT2D eigenvalue weighted by Crippen LogP contribution is -2.31. The van der Waals surface area contributed by atoms with Gasteiger partial charge in [-0.1, -0.05) is 12.1 Å². The van der Waals surface area contributed by atoms with E-state index in [0.717, 1.165) is 16.7 Å². The van der Waals surface area contributed by atoms with Crippen LogP contribution in [0.1, 0.15) is 29.7 Å². The summed E-state index contributed by atoms with van der Waals surface area (Å²) in [7, 11) is 4.91. The first-order valence-corrected chi connectivity index (χ1v) is 10.2. The molecule has 0 aromatic heterocycles. The van der Waals surface area contributed by atoms with Gasteiger partial charge in [0.1, 0.15) is 0 Å². The van der Waals surface area contributed by atoms with Crippen LogP contribution in [0.5, 0.6) is 11.5 Å². The lowest BCUT2D eigenvalue weighted by Gasteiger charge is -2.25. The van der Waals surface area contributed by atoms with Crippen LogP contribution in [0.2, 0.25) is 0 Å². The minimum absolute atomic E-state index is 0.0218. The molecule has 2 rings (SSSR count). The summed E-state index contributed by atoms with van der Waals surface area (Å²) in [5, 5.41) is 11.0. The number of ether oxygens (including phenoxy) is 2. The van der Waals surface area contributed by atoms with Gasteiger partial charge in [0.05, 0.1) is 30.9 Å². The zero-order valence-electron chi connectivity index (χ0n) is 17.3. The molecular weight excluding hydrogens is 392 g/mol. The molecule has 0 N–H and O–H groups in total. The van der Waals surface area contributed by atoms with E-state index in [1.807, 2.05) is 26.0 Å². The van der Waals surface area contributed by atoms with E-state index in [1.165, 1.54) is 23.9 Å². The number of hydrogen-bond acceptors (Lipinski definition) is 6. The number of nitro benzene ring substituents is 1. The first-order valence-electron chi connectivity index (χ1n) is 9.07. The number of aryl methyl sites for hydroxylation is 1. The Bertz CT molecular complexity index is 887. The number of benzene rings is 2. The number of carbonyl (C=O) groups is 1. The largest absolute Gasteiger partial charge is 0.493 e. The summed E-state index contributed by atoms with van der Waals surface area (Å²) < 4.78 is 10.7. The Balaban J connectivity index is 1.98. The molecular formula is C21H26N2O5S. The third-order valence-corrected chi connectivity index (χ3v) is 5.83. The summed E-state index contributed by atoms with van der Waals surface area (Å²) >= 11 is 1.51. The van der Waals surface area contributed by atoms with E-state index in [1.54, 1.807) is 38.3 Å². The summed E-state index contributed by atoms with van der Waals surface area (Å²) in [6.07, 6.45) is 0. The van der Waals surface area contributed by atoms with Crippen LogP contribution in [-0.4, -0.2) is 42.8 Å². The van der Waals surface area contributed by atoms with Gasteiger partial charge in [0, 0.05) is 24.9 Å². The number of nitrogens with zero attached hydrogens (tertiary/aromatic N) is 2. The fourth-order valence-corrected chi connectivity index (χ4v) is 3.88. The van der Waals surface area contributed by atoms with Crippen LogP contribution in [0.25, 0.3) is 0 Å². The maximum atomic E-state index is 12.6. The maximum absolute atomic E-state index is 12.6. The average Bonchev–Trinajstić information content (AvgIpc) is 2.73. The molecule has 0 bridgehead atoms. The summed E-state index contributed by atoms with van der Waals surface area (Å²) in [5.74, 6) is 2.28. The summed E-state index contributed by atoms with van der Waals surface area (Å²) in [5.41, 5.74) is 2.90. The number of nitro groups is 1. The van der Waals surface area contributed by atoms with Crippen molar-refractivity contribution in [2.75, 3.05) is 27.0 Å². The van der Waals surface area contributed by atoms with Gasteiger partial charge in [0.25, 0.3) is 5.69 Å². The van der Waals surface area contributed by atoms with E-state index >= 15 is 0 Å². The Morgan fingerprint density at radius 1 is 1.21 bits per heavy atom. The molecule has 8 heteroatoms. The van der Waals surface area contributed by atoms with Crippen LogP contribution in [0.4, 0.5) is 5.69 Å². The van der Waals surface area contributed by atoms with Crippen molar-refractivity contribution in [2.24, 2.45) is 0 Å². The summed E-state index contributed by atoms with van der Waals surface area (Å²) in [4.78, 5) is 24.8. The molecule has 2 aromatic rings. The van der Waals surface area contributed by atoms with Crippen LogP contribution in [0.15, 0.2) is 36.4 Å². The third-order valence-electron chi connectivity index (χ3n) is 4.86. The van der Waals surface area contributed by atoms with E-state index in [-0.39, 0.29) is 17.6 Å². The van der Waals surface area contributed by atoms with E-state index in [9.17, 15) is 14.9 Å². The standard InChI is InChI=1S/C21H26N2O5S/c1-14-9-19(27-4)20(28-5)11-17(14)12-29-13-21(24)22(3)15(2)16-7-6-8-18(10-16)23(25)26/h6-11,15H,12-13H2,1-5H3/t15-/m0/s1. The number of thioether (sulfide) groups is 1. The number of methoxy groups -OCH3 is 2. The van der Waals surface area contributed by atoms with Crippen LogP contribution in [0, 0.1) is 17.0 Å². The number of hydrogen-bond donors (Lipinski definition) is 0. The Kier molecular flexibility index (Phi) is 7.90. The molecule has 0 aliphatic heterocycles. The molecule has 7 nitrogen and oxygen atoms in total. The Morgan fingerprint density at radius 3 is 2.48 bits per heavy atom. The lowest BCUT2D eigenvalue weighted by molar-refractivity contribution is -0.384.